The summed E-state index contributed by atoms with van der Waals surface area (Å²) in [6.45, 7) is 4.10. The van der Waals surface area contributed by atoms with E-state index in [1.54, 1.807) is 12.2 Å². The van der Waals surface area contributed by atoms with E-state index in [1.165, 1.54) is 5.56 Å². The third-order valence-electron chi connectivity index (χ3n) is 3.53. The van der Waals surface area contributed by atoms with Gasteiger partial charge in [0.15, 0.2) is 0 Å². The summed E-state index contributed by atoms with van der Waals surface area (Å²) >= 11 is 0. The van der Waals surface area contributed by atoms with E-state index in [2.05, 4.69) is 6.92 Å². The van der Waals surface area contributed by atoms with E-state index >= 15 is 0 Å². The molecule has 1 aromatic carbocycles. The van der Waals surface area contributed by atoms with Gasteiger partial charge in [0.1, 0.15) is 17.3 Å². The highest BCUT2D eigenvalue weighted by molar-refractivity contribution is 5.99. The standard InChI is InChI=1S/C19H18O3/c1-3-4-16-11-15(19(20)22-16)12-17-9-10-18(21-17)14-7-5-13(2)6-8-14/h5-12H,3-4H2,1-2H3/b15-12-. The Labute approximate surface area is 129 Å². The van der Waals surface area contributed by atoms with Crippen LogP contribution in [0.1, 0.15) is 31.1 Å². The molecule has 112 valence electrons. The first-order valence-corrected chi connectivity index (χ1v) is 7.47. The number of allylic oxidation sites excluding steroid dienone is 1. The van der Waals surface area contributed by atoms with Gasteiger partial charge in [-0.1, -0.05) is 36.8 Å². The van der Waals surface area contributed by atoms with Gasteiger partial charge in [-0.2, -0.15) is 0 Å². The summed E-state index contributed by atoms with van der Waals surface area (Å²) in [7, 11) is 0. The van der Waals surface area contributed by atoms with Crippen molar-refractivity contribution in [2.24, 2.45) is 0 Å². The molecule has 2 heterocycles. The van der Waals surface area contributed by atoms with Crippen LogP contribution in [0.4, 0.5) is 0 Å². The van der Waals surface area contributed by atoms with Crippen LogP contribution in [0.15, 0.2) is 58.2 Å². The van der Waals surface area contributed by atoms with Gasteiger partial charge in [0.2, 0.25) is 0 Å². The van der Waals surface area contributed by atoms with Crippen molar-refractivity contribution in [3.63, 3.8) is 0 Å². The quantitative estimate of drug-likeness (QED) is 0.596. The van der Waals surface area contributed by atoms with Crippen LogP contribution in [-0.2, 0) is 9.53 Å². The molecular formula is C19H18O3. The van der Waals surface area contributed by atoms with Gasteiger partial charge in [-0.15, -0.1) is 0 Å². The average molecular weight is 294 g/mol. The van der Waals surface area contributed by atoms with Gasteiger partial charge in [-0.05, 0) is 37.6 Å². The fourth-order valence-electron chi connectivity index (χ4n) is 2.37. The smallest absolute Gasteiger partial charge is 0.343 e. The maximum Gasteiger partial charge on any atom is 0.343 e. The highest BCUT2D eigenvalue weighted by Gasteiger charge is 2.20. The minimum absolute atomic E-state index is 0.309. The summed E-state index contributed by atoms with van der Waals surface area (Å²) in [5.74, 6) is 1.85. The number of aryl methyl sites for hydroxylation is 1. The molecular weight excluding hydrogens is 276 g/mol. The molecule has 0 spiro atoms. The number of carbonyl (C=O) groups is 1. The molecule has 0 amide bonds. The van der Waals surface area contributed by atoms with Crippen LogP contribution in [-0.4, -0.2) is 5.97 Å². The third kappa shape index (κ3) is 3.03. The third-order valence-corrected chi connectivity index (χ3v) is 3.53. The summed E-state index contributed by atoms with van der Waals surface area (Å²) in [6, 6.07) is 11.9. The lowest BCUT2D eigenvalue weighted by Crippen LogP contribution is -1.96. The minimum atomic E-state index is -0.309. The van der Waals surface area contributed by atoms with Crippen molar-refractivity contribution in [1.29, 1.82) is 0 Å². The summed E-state index contributed by atoms with van der Waals surface area (Å²) in [4.78, 5) is 11.8. The van der Waals surface area contributed by atoms with E-state index < -0.39 is 0 Å². The molecule has 3 nitrogen and oxygen atoms in total. The lowest BCUT2D eigenvalue weighted by atomic mass is 10.1. The van der Waals surface area contributed by atoms with E-state index in [-0.39, 0.29) is 5.97 Å². The monoisotopic (exact) mass is 294 g/mol. The van der Waals surface area contributed by atoms with E-state index in [4.69, 9.17) is 9.15 Å². The van der Waals surface area contributed by atoms with Crippen molar-refractivity contribution < 1.29 is 13.9 Å². The molecule has 22 heavy (non-hydrogen) atoms. The van der Waals surface area contributed by atoms with Crippen LogP contribution in [0.5, 0.6) is 0 Å². The fraction of sp³-hybridized carbons (Fsp3) is 0.211. The number of hydrogen-bond acceptors (Lipinski definition) is 3. The summed E-state index contributed by atoms with van der Waals surface area (Å²) in [6.07, 6.45) is 5.24. The fourth-order valence-corrected chi connectivity index (χ4v) is 2.37. The van der Waals surface area contributed by atoms with Gasteiger partial charge in [-0.3, -0.25) is 0 Å². The number of benzene rings is 1. The Morgan fingerprint density at radius 3 is 2.59 bits per heavy atom. The highest BCUT2D eigenvalue weighted by Crippen LogP contribution is 2.26. The lowest BCUT2D eigenvalue weighted by Gasteiger charge is -1.97. The Bertz CT molecular complexity index is 745. The Morgan fingerprint density at radius 1 is 1.09 bits per heavy atom. The number of furan rings is 1. The van der Waals surface area contributed by atoms with Crippen molar-refractivity contribution in [3.8, 4) is 11.3 Å². The van der Waals surface area contributed by atoms with Gasteiger partial charge in [0.25, 0.3) is 0 Å². The van der Waals surface area contributed by atoms with Gasteiger partial charge in [-0.25, -0.2) is 4.79 Å². The number of esters is 1. The van der Waals surface area contributed by atoms with E-state index in [0.29, 0.717) is 11.3 Å². The van der Waals surface area contributed by atoms with Crippen molar-refractivity contribution in [1.82, 2.24) is 0 Å². The van der Waals surface area contributed by atoms with Crippen LogP contribution in [0.3, 0.4) is 0 Å². The zero-order chi connectivity index (χ0) is 15.5. The maximum atomic E-state index is 11.8. The van der Waals surface area contributed by atoms with Crippen molar-refractivity contribution in [3.05, 3.63) is 65.1 Å². The van der Waals surface area contributed by atoms with Crippen molar-refractivity contribution in [2.45, 2.75) is 26.7 Å². The second-order valence-corrected chi connectivity index (χ2v) is 5.42. The Hall–Kier alpha value is -2.55. The molecule has 1 aromatic heterocycles. The van der Waals surface area contributed by atoms with Crippen LogP contribution < -0.4 is 0 Å². The number of ether oxygens (including phenoxy) is 1. The minimum Gasteiger partial charge on any atom is -0.457 e. The van der Waals surface area contributed by atoms with Crippen molar-refractivity contribution >= 4 is 12.0 Å². The Morgan fingerprint density at radius 2 is 1.86 bits per heavy atom. The van der Waals surface area contributed by atoms with Gasteiger partial charge in [0, 0.05) is 12.0 Å². The second kappa shape index (κ2) is 6.06. The van der Waals surface area contributed by atoms with Gasteiger partial charge < -0.3 is 9.15 Å². The summed E-state index contributed by atoms with van der Waals surface area (Å²) < 4.78 is 11.0. The molecule has 1 aliphatic rings. The SMILES string of the molecule is CCCC1=C/C(=C/c2ccc(-c3ccc(C)cc3)o2)C(=O)O1. The second-order valence-electron chi connectivity index (χ2n) is 5.42. The molecule has 0 saturated heterocycles. The Kier molecular flexibility index (Phi) is 3.96. The molecule has 0 unspecified atom stereocenters. The first kappa shape index (κ1) is 14.4. The maximum absolute atomic E-state index is 11.8. The molecule has 1 aliphatic heterocycles. The average Bonchev–Trinajstić information content (AvgIpc) is 3.08. The molecule has 0 N–H and O–H groups in total. The molecule has 0 atom stereocenters. The summed E-state index contributed by atoms with van der Waals surface area (Å²) in [5.41, 5.74) is 2.76. The molecule has 0 aliphatic carbocycles. The molecule has 0 radical (unpaired) electrons. The topological polar surface area (TPSA) is 39.4 Å². The predicted octanol–water partition coefficient (Wildman–Crippen LogP) is 4.88. The molecule has 0 fully saturated rings. The first-order chi connectivity index (χ1) is 10.7. The molecule has 0 bridgehead atoms. The predicted molar refractivity (Wildman–Crippen MR) is 85.9 cm³/mol. The summed E-state index contributed by atoms with van der Waals surface area (Å²) in [5, 5.41) is 0. The normalized spacial score (nSPS) is 16.0. The van der Waals surface area contributed by atoms with E-state index in [1.807, 2.05) is 43.3 Å². The zero-order valence-corrected chi connectivity index (χ0v) is 12.8. The van der Waals surface area contributed by atoms with Gasteiger partial charge >= 0.3 is 5.97 Å². The number of rotatable bonds is 4. The first-order valence-electron chi connectivity index (χ1n) is 7.47. The molecule has 3 rings (SSSR count). The Balaban J connectivity index is 1.84. The number of hydrogen-bond donors (Lipinski definition) is 0. The van der Waals surface area contributed by atoms with Crippen molar-refractivity contribution in [2.75, 3.05) is 0 Å². The van der Waals surface area contributed by atoms with E-state index in [0.717, 1.165) is 29.9 Å². The number of carbonyl (C=O) groups excluding carboxylic acids is 1. The van der Waals surface area contributed by atoms with Crippen LogP contribution in [0.2, 0.25) is 0 Å². The lowest BCUT2D eigenvalue weighted by molar-refractivity contribution is -0.133. The van der Waals surface area contributed by atoms with E-state index in [9.17, 15) is 4.79 Å². The molecule has 3 heteroatoms. The van der Waals surface area contributed by atoms with Crippen LogP contribution in [0, 0.1) is 6.92 Å². The van der Waals surface area contributed by atoms with Crippen LogP contribution in [0.25, 0.3) is 17.4 Å². The largest absolute Gasteiger partial charge is 0.457 e. The number of cyclic esters (lactones) is 1. The van der Waals surface area contributed by atoms with Crippen LogP contribution >= 0.6 is 0 Å². The van der Waals surface area contributed by atoms with Gasteiger partial charge in [0.05, 0.1) is 5.57 Å². The zero-order valence-electron chi connectivity index (χ0n) is 12.8. The highest BCUT2D eigenvalue weighted by atomic mass is 16.5. The molecule has 0 saturated carbocycles. The molecule has 2 aromatic rings.